The van der Waals surface area contributed by atoms with Gasteiger partial charge in [0, 0.05) is 22.5 Å². The summed E-state index contributed by atoms with van der Waals surface area (Å²) in [4.78, 5) is 19.1. The first-order valence-electron chi connectivity index (χ1n) is 7.29. The highest BCUT2D eigenvalue weighted by Gasteiger charge is 2.27. The van der Waals surface area contributed by atoms with Crippen molar-refractivity contribution in [3.8, 4) is 0 Å². The minimum atomic E-state index is -0.0925. The molecule has 0 atom stereocenters. The lowest BCUT2D eigenvalue weighted by atomic mass is 10.1. The molecule has 0 saturated carbocycles. The Bertz CT molecular complexity index is 939. The van der Waals surface area contributed by atoms with Gasteiger partial charge >= 0.3 is 0 Å². The van der Waals surface area contributed by atoms with E-state index in [0.717, 1.165) is 22.9 Å². The number of benzene rings is 2. The van der Waals surface area contributed by atoms with Crippen molar-refractivity contribution in [2.45, 2.75) is 6.42 Å². The van der Waals surface area contributed by atoms with Gasteiger partial charge < -0.3 is 0 Å². The first kappa shape index (κ1) is 14.5. The van der Waals surface area contributed by atoms with E-state index in [1.165, 1.54) is 0 Å². The quantitative estimate of drug-likeness (QED) is 0.639. The molecule has 1 aromatic heterocycles. The Morgan fingerprint density at radius 1 is 1.09 bits per heavy atom. The predicted octanol–water partition coefficient (Wildman–Crippen LogP) is 4.74. The van der Waals surface area contributed by atoms with Crippen LogP contribution in [0.5, 0.6) is 0 Å². The van der Waals surface area contributed by atoms with E-state index in [1.54, 1.807) is 35.2 Å². The zero-order valence-electron chi connectivity index (χ0n) is 12.1. The van der Waals surface area contributed by atoms with Crippen molar-refractivity contribution < 1.29 is 4.79 Å². The van der Waals surface area contributed by atoms with Crippen LogP contribution < -0.4 is 4.90 Å². The van der Waals surface area contributed by atoms with E-state index >= 15 is 0 Å². The fraction of sp³-hybridized carbons (Fsp3) is 0.111. The summed E-state index contributed by atoms with van der Waals surface area (Å²) in [6.07, 6.45) is 0.789. The van der Waals surface area contributed by atoms with Gasteiger partial charge in [0.05, 0.1) is 10.5 Å². The first-order chi connectivity index (χ1) is 11.1. The molecule has 5 heteroatoms. The van der Waals surface area contributed by atoms with Crippen LogP contribution in [0.25, 0.3) is 10.9 Å². The molecule has 0 radical (unpaired) electrons. The van der Waals surface area contributed by atoms with Crippen LogP contribution >= 0.6 is 23.2 Å². The fourth-order valence-corrected chi connectivity index (χ4v) is 3.34. The Balaban J connectivity index is 1.80. The number of fused-ring (bicyclic) bond motifs is 2. The van der Waals surface area contributed by atoms with E-state index in [9.17, 15) is 4.79 Å². The van der Waals surface area contributed by atoms with Gasteiger partial charge in [0.2, 0.25) is 0 Å². The van der Waals surface area contributed by atoms with E-state index in [2.05, 4.69) is 11.1 Å². The highest BCUT2D eigenvalue weighted by molar-refractivity contribution is 6.35. The molecule has 0 fully saturated rings. The number of amides is 1. The minimum Gasteiger partial charge on any atom is -0.292 e. The second-order valence-electron chi connectivity index (χ2n) is 5.50. The van der Waals surface area contributed by atoms with Crippen LogP contribution in [-0.4, -0.2) is 17.4 Å². The van der Waals surface area contributed by atoms with Gasteiger partial charge in [-0.05, 0) is 42.3 Å². The third-order valence-electron chi connectivity index (χ3n) is 4.03. The molecule has 0 unspecified atom stereocenters. The maximum atomic E-state index is 12.8. The lowest BCUT2D eigenvalue weighted by Crippen LogP contribution is -2.29. The Kier molecular flexibility index (Phi) is 3.47. The van der Waals surface area contributed by atoms with Gasteiger partial charge in [-0.15, -0.1) is 0 Å². The van der Waals surface area contributed by atoms with Crippen molar-refractivity contribution in [2.75, 3.05) is 11.4 Å². The molecule has 3 nitrogen and oxygen atoms in total. The molecule has 114 valence electrons. The maximum Gasteiger partial charge on any atom is 0.259 e. The van der Waals surface area contributed by atoms with Crippen LogP contribution in [0.2, 0.25) is 10.0 Å². The largest absolute Gasteiger partial charge is 0.292 e. The third-order valence-corrected chi connectivity index (χ3v) is 4.57. The van der Waals surface area contributed by atoms with E-state index < -0.39 is 0 Å². The molecule has 1 amide bonds. The SMILES string of the molecule is O=C(c1cccc(Cl)c1)N1CCc2cc3cccc(Cl)c3nc21. The minimum absolute atomic E-state index is 0.0925. The Hall–Kier alpha value is -2.10. The average molecular weight is 343 g/mol. The zero-order valence-corrected chi connectivity index (χ0v) is 13.6. The molecule has 0 bridgehead atoms. The highest BCUT2D eigenvalue weighted by Crippen LogP contribution is 2.33. The van der Waals surface area contributed by atoms with Gasteiger partial charge in [0.1, 0.15) is 5.82 Å². The number of pyridine rings is 1. The van der Waals surface area contributed by atoms with E-state index in [-0.39, 0.29) is 5.91 Å². The number of rotatable bonds is 1. The number of halogens is 2. The molecule has 2 heterocycles. The van der Waals surface area contributed by atoms with Gasteiger partial charge in [-0.25, -0.2) is 4.98 Å². The summed E-state index contributed by atoms with van der Waals surface area (Å²) in [6.45, 7) is 0.613. The second-order valence-corrected chi connectivity index (χ2v) is 6.34. The van der Waals surface area contributed by atoms with Crippen molar-refractivity contribution in [2.24, 2.45) is 0 Å². The normalized spacial score (nSPS) is 13.4. The highest BCUT2D eigenvalue weighted by atomic mass is 35.5. The smallest absolute Gasteiger partial charge is 0.259 e. The molecule has 1 aliphatic heterocycles. The molecule has 23 heavy (non-hydrogen) atoms. The van der Waals surface area contributed by atoms with E-state index in [4.69, 9.17) is 23.2 Å². The molecular formula is C18H12Cl2N2O. The number of anilines is 1. The third kappa shape index (κ3) is 2.46. The predicted molar refractivity (Wildman–Crippen MR) is 93.6 cm³/mol. The average Bonchev–Trinajstić information content (AvgIpc) is 2.96. The van der Waals surface area contributed by atoms with Gasteiger partial charge in [-0.2, -0.15) is 0 Å². The molecule has 3 aromatic rings. The topological polar surface area (TPSA) is 33.2 Å². The zero-order chi connectivity index (χ0) is 16.0. The summed E-state index contributed by atoms with van der Waals surface area (Å²) in [5.41, 5.74) is 2.35. The summed E-state index contributed by atoms with van der Waals surface area (Å²) in [5, 5.41) is 2.13. The number of carbonyl (C=O) groups is 1. The molecule has 0 N–H and O–H groups in total. The second kappa shape index (κ2) is 5.52. The van der Waals surface area contributed by atoms with Crippen molar-refractivity contribution >= 4 is 45.8 Å². The molecule has 4 rings (SSSR count). The monoisotopic (exact) mass is 342 g/mol. The van der Waals surface area contributed by atoms with Gasteiger partial charge in [0.25, 0.3) is 5.91 Å². The number of hydrogen-bond acceptors (Lipinski definition) is 2. The first-order valence-corrected chi connectivity index (χ1v) is 8.04. The lowest BCUT2D eigenvalue weighted by Gasteiger charge is -2.17. The summed E-state index contributed by atoms with van der Waals surface area (Å²) in [6, 6.07) is 14.7. The van der Waals surface area contributed by atoms with Crippen molar-refractivity contribution in [3.05, 3.63) is 69.7 Å². The van der Waals surface area contributed by atoms with Gasteiger partial charge in [-0.3, -0.25) is 9.69 Å². The summed E-state index contributed by atoms with van der Waals surface area (Å²) >= 11 is 12.2. The summed E-state index contributed by atoms with van der Waals surface area (Å²) in [7, 11) is 0. The van der Waals surface area contributed by atoms with Crippen LogP contribution in [0.3, 0.4) is 0 Å². The van der Waals surface area contributed by atoms with Crippen LogP contribution in [0, 0.1) is 0 Å². The van der Waals surface area contributed by atoms with Crippen LogP contribution in [0.15, 0.2) is 48.5 Å². The van der Waals surface area contributed by atoms with E-state index in [1.807, 2.05) is 12.1 Å². The van der Waals surface area contributed by atoms with Gasteiger partial charge in [0.15, 0.2) is 0 Å². The maximum absolute atomic E-state index is 12.8. The number of hydrogen-bond donors (Lipinski definition) is 0. The summed E-state index contributed by atoms with van der Waals surface area (Å²) < 4.78 is 0. The van der Waals surface area contributed by atoms with Crippen LogP contribution in [-0.2, 0) is 6.42 Å². The molecule has 2 aromatic carbocycles. The van der Waals surface area contributed by atoms with Crippen molar-refractivity contribution in [1.29, 1.82) is 0 Å². The van der Waals surface area contributed by atoms with Crippen molar-refractivity contribution in [3.63, 3.8) is 0 Å². The molecular weight excluding hydrogens is 331 g/mol. The van der Waals surface area contributed by atoms with Crippen molar-refractivity contribution in [1.82, 2.24) is 4.98 Å². The Morgan fingerprint density at radius 3 is 2.74 bits per heavy atom. The van der Waals surface area contributed by atoms with Gasteiger partial charge in [-0.1, -0.05) is 41.4 Å². The number of nitrogens with zero attached hydrogens (tertiary/aromatic N) is 2. The molecule has 1 aliphatic rings. The van der Waals surface area contributed by atoms with E-state index in [0.29, 0.717) is 28.0 Å². The number of para-hydroxylation sites is 1. The van der Waals surface area contributed by atoms with Crippen LogP contribution in [0.1, 0.15) is 15.9 Å². The lowest BCUT2D eigenvalue weighted by molar-refractivity contribution is 0.0989. The molecule has 0 aliphatic carbocycles. The molecule has 0 spiro atoms. The van der Waals surface area contributed by atoms with Crippen LogP contribution in [0.4, 0.5) is 5.82 Å². The standard InChI is InChI=1S/C18H12Cl2N2O/c19-14-5-1-4-13(10-14)18(23)22-8-7-12-9-11-3-2-6-15(20)16(11)21-17(12)22/h1-6,9-10H,7-8H2. The fourth-order valence-electron chi connectivity index (χ4n) is 2.93. The molecule has 0 saturated heterocycles. The Labute approximate surface area is 143 Å². The number of carbonyl (C=O) groups excluding carboxylic acids is 1. The number of aromatic nitrogens is 1. The Morgan fingerprint density at radius 2 is 1.91 bits per heavy atom. The summed E-state index contributed by atoms with van der Waals surface area (Å²) in [5.74, 6) is 0.598.